The average Bonchev–Trinajstić information content (AvgIpc) is 3.26. The molecule has 2 aliphatic carbocycles. The highest BCUT2D eigenvalue weighted by molar-refractivity contribution is 5.86. The molecule has 36 heavy (non-hydrogen) atoms. The molecule has 1 atom stereocenters. The van der Waals surface area contributed by atoms with E-state index >= 15 is 0 Å². The summed E-state index contributed by atoms with van der Waals surface area (Å²) in [6.45, 7) is 3.99. The molecule has 2 saturated carbocycles. The third-order valence-corrected chi connectivity index (χ3v) is 8.75. The highest BCUT2D eigenvalue weighted by Gasteiger charge is 2.26. The van der Waals surface area contributed by atoms with Gasteiger partial charge in [-0.05, 0) is 81.0 Å². The fourth-order valence-corrected chi connectivity index (χ4v) is 6.66. The number of rotatable bonds is 8. The quantitative estimate of drug-likeness (QED) is 0.374. The summed E-state index contributed by atoms with van der Waals surface area (Å²) in [6, 6.07) is 17.8. The van der Waals surface area contributed by atoms with Gasteiger partial charge in [0.2, 0.25) is 5.91 Å². The SMILES string of the molecule is Cc1cccc(C(CC(=O)NC2CCC(CN)CC2)c2cn(CC3CCCCC3)c3ccccc23)c1. The maximum atomic E-state index is 13.4. The van der Waals surface area contributed by atoms with Crippen LogP contribution in [0.2, 0.25) is 0 Å². The summed E-state index contributed by atoms with van der Waals surface area (Å²) in [7, 11) is 0. The van der Waals surface area contributed by atoms with Crippen LogP contribution in [-0.2, 0) is 11.3 Å². The van der Waals surface area contributed by atoms with Crippen molar-refractivity contribution in [2.45, 2.75) is 89.6 Å². The molecule has 3 N–H and O–H groups in total. The molecule has 0 saturated heterocycles. The van der Waals surface area contributed by atoms with Crippen LogP contribution in [0.15, 0.2) is 54.7 Å². The monoisotopic (exact) mass is 485 g/mol. The molecule has 1 heterocycles. The van der Waals surface area contributed by atoms with Crippen molar-refractivity contribution in [2.75, 3.05) is 6.54 Å². The molecule has 1 amide bonds. The van der Waals surface area contributed by atoms with E-state index < -0.39 is 0 Å². The van der Waals surface area contributed by atoms with Crippen LogP contribution in [0.25, 0.3) is 10.9 Å². The maximum absolute atomic E-state index is 13.4. The van der Waals surface area contributed by atoms with Crippen LogP contribution in [0.3, 0.4) is 0 Å². The van der Waals surface area contributed by atoms with E-state index in [0.717, 1.165) is 44.7 Å². The van der Waals surface area contributed by atoms with Gasteiger partial charge in [0.05, 0.1) is 0 Å². The summed E-state index contributed by atoms with van der Waals surface area (Å²) >= 11 is 0. The fraction of sp³-hybridized carbons (Fsp3) is 0.531. The number of nitrogens with one attached hydrogen (secondary N) is 1. The topological polar surface area (TPSA) is 60.1 Å². The Balaban J connectivity index is 1.42. The minimum Gasteiger partial charge on any atom is -0.353 e. The van der Waals surface area contributed by atoms with Gasteiger partial charge in [0.15, 0.2) is 0 Å². The van der Waals surface area contributed by atoms with E-state index in [0.29, 0.717) is 12.3 Å². The van der Waals surface area contributed by atoms with E-state index in [1.807, 2.05) is 0 Å². The molecule has 192 valence electrons. The van der Waals surface area contributed by atoms with Crippen LogP contribution in [0, 0.1) is 18.8 Å². The number of aromatic nitrogens is 1. The molecule has 5 rings (SSSR count). The predicted octanol–water partition coefficient (Wildman–Crippen LogP) is 6.69. The van der Waals surface area contributed by atoms with Crippen molar-refractivity contribution in [3.8, 4) is 0 Å². The van der Waals surface area contributed by atoms with Gasteiger partial charge in [-0.2, -0.15) is 0 Å². The summed E-state index contributed by atoms with van der Waals surface area (Å²) in [5.74, 6) is 1.59. The van der Waals surface area contributed by atoms with Gasteiger partial charge in [0.1, 0.15) is 0 Å². The lowest BCUT2D eigenvalue weighted by atomic mass is 9.85. The van der Waals surface area contributed by atoms with Crippen LogP contribution < -0.4 is 11.1 Å². The highest BCUT2D eigenvalue weighted by atomic mass is 16.1. The molecule has 2 fully saturated rings. The van der Waals surface area contributed by atoms with Crippen LogP contribution in [-0.4, -0.2) is 23.1 Å². The number of hydrogen-bond acceptors (Lipinski definition) is 2. The standard InChI is InChI=1S/C32H43N3O/c1-23-8-7-11-26(18-23)29(19-32(36)34-27-16-14-24(20-33)15-17-27)30-22-35(21-25-9-3-2-4-10-25)31-13-6-5-12-28(30)31/h5-8,11-13,18,22,24-25,27,29H,2-4,9-10,14-17,19-21,33H2,1H3,(H,34,36). The normalized spacial score (nSPS) is 21.9. The lowest BCUT2D eigenvalue weighted by Crippen LogP contribution is -2.39. The Hall–Kier alpha value is -2.59. The van der Waals surface area contributed by atoms with Crippen molar-refractivity contribution in [2.24, 2.45) is 17.6 Å². The Morgan fingerprint density at radius 3 is 2.50 bits per heavy atom. The van der Waals surface area contributed by atoms with E-state index in [2.05, 4.69) is 71.5 Å². The zero-order valence-corrected chi connectivity index (χ0v) is 21.9. The number of aryl methyl sites for hydroxylation is 1. The van der Waals surface area contributed by atoms with E-state index in [9.17, 15) is 4.79 Å². The summed E-state index contributed by atoms with van der Waals surface area (Å²) in [5, 5.41) is 4.67. The van der Waals surface area contributed by atoms with Crippen LogP contribution >= 0.6 is 0 Å². The van der Waals surface area contributed by atoms with Crippen LogP contribution in [0.4, 0.5) is 0 Å². The Bertz CT molecular complexity index is 1150. The molecule has 0 radical (unpaired) electrons. The summed E-state index contributed by atoms with van der Waals surface area (Å²) in [6.07, 6.45) is 13.9. The molecule has 4 nitrogen and oxygen atoms in total. The third-order valence-electron chi connectivity index (χ3n) is 8.75. The van der Waals surface area contributed by atoms with E-state index in [-0.39, 0.29) is 17.9 Å². The number of hydrogen-bond donors (Lipinski definition) is 2. The van der Waals surface area contributed by atoms with Gasteiger partial charge in [0.25, 0.3) is 0 Å². The number of fused-ring (bicyclic) bond motifs is 1. The number of nitrogens with two attached hydrogens (primary N) is 1. The Morgan fingerprint density at radius 1 is 0.972 bits per heavy atom. The lowest BCUT2D eigenvalue weighted by molar-refractivity contribution is -0.122. The molecule has 1 aromatic heterocycles. The van der Waals surface area contributed by atoms with E-state index in [1.165, 1.54) is 59.7 Å². The largest absolute Gasteiger partial charge is 0.353 e. The lowest BCUT2D eigenvalue weighted by Gasteiger charge is -2.29. The first-order valence-corrected chi connectivity index (χ1v) is 14.2. The van der Waals surface area contributed by atoms with Gasteiger partial charge in [0, 0.05) is 42.0 Å². The predicted molar refractivity (Wildman–Crippen MR) is 149 cm³/mol. The molecule has 3 aromatic rings. The first-order chi connectivity index (χ1) is 17.6. The van der Waals surface area contributed by atoms with Crippen molar-refractivity contribution in [1.82, 2.24) is 9.88 Å². The number of carbonyl (C=O) groups is 1. The number of amides is 1. The Morgan fingerprint density at radius 2 is 1.75 bits per heavy atom. The fourth-order valence-electron chi connectivity index (χ4n) is 6.66. The summed E-state index contributed by atoms with van der Waals surface area (Å²) in [4.78, 5) is 13.4. The van der Waals surface area contributed by atoms with Crippen molar-refractivity contribution in [3.63, 3.8) is 0 Å². The second-order valence-electron chi connectivity index (χ2n) is 11.4. The number of para-hydroxylation sites is 1. The maximum Gasteiger partial charge on any atom is 0.221 e. The summed E-state index contributed by atoms with van der Waals surface area (Å²) in [5.41, 5.74) is 10.9. The molecule has 2 aliphatic rings. The minimum absolute atomic E-state index is 0.0442. The van der Waals surface area contributed by atoms with E-state index in [1.54, 1.807) is 0 Å². The van der Waals surface area contributed by atoms with Gasteiger partial charge in [-0.3, -0.25) is 4.79 Å². The number of nitrogens with zero attached hydrogens (tertiary/aromatic N) is 1. The van der Waals surface area contributed by atoms with Crippen molar-refractivity contribution in [1.29, 1.82) is 0 Å². The molecular formula is C32H43N3O. The molecule has 0 bridgehead atoms. The second kappa shape index (κ2) is 11.6. The second-order valence-corrected chi connectivity index (χ2v) is 11.4. The van der Waals surface area contributed by atoms with Crippen molar-refractivity contribution >= 4 is 16.8 Å². The van der Waals surface area contributed by atoms with Crippen LogP contribution in [0.1, 0.15) is 86.8 Å². The zero-order valence-electron chi connectivity index (χ0n) is 21.9. The Kier molecular flexibility index (Phi) is 8.11. The van der Waals surface area contributed by atoms with Gasteiger partial charge in [-0.25, -0.2) is 0 Å². The summed E-state index contributed by atoms with van der Waals surface area (Å²) < 4.78 is 2.48. The number of benzene rings is 2. The third kappa shape index (κ3) is 5.86. The van der Waals surface area contributed by atoms with Crippen molar-refractivity contribution in [3.05, 3.63) is 71.4 Å². The van der Waals surface area contributed by atoms with Gasteiger partial charge < -0.3 is 15.6 Å². The molecule has 4 heteroatoms. The Labute approximate surface area is 216 Å². The van der Waals surface area contributed by atoms with Gasteiger partial charge in [-0.1, -0.05) is 67.3 Å². The van der Waals surface area contributed by atoms with E-state index in [4.69, 9.17) is 5.73 Å². The molecule has 0 aliphatic heterocycles. The number of carbonyl (C=O) groups excluding carboxylic acids is 1. The van der Waals surface area contributed by atoms with Crippen LogP contribution in [0.5, 0.6) is 0 Å². The molecule has 0 spiro atoms. The molecular weight excluding hydrogens is 442 g/mol. The molecule has 2 aromatic carbocycles. The van der Waals surface area contributed by atoms with Gasteiger partial charge >= 0.3 is 0 Å². The first kappa shape index (κ1) is 25.1. The smallest absolute Gasteiger partial charge is 0.221 e. The van der Waals surface area contributed by atoms with Gasteiger partial charge in [-0.15, -0.1) is 0 Å². The van der Waals surface area contributed by atoms with Crippen molar-refractivity contribution < 1.29 is 4.79 Å². The average molecular weight is 486 g/mol. The molecule has 1 unspecified atom stereocenters. The highest BCUT2D eigenvalue weighted by Crippen LogP contribution is 2.36. The first-order valence-electron chi connectivity index (χ1n) is 14.2. The minimum atomic E-state index is 0.0442. The zero-order chi connectivity index (χ0) is 24.9.